The number of hydrogen-bond donors (Lipinski definition) is 2. The molecule has 22 heavy (non-hydrogen) atoms. The van der Waals surface area contributed by atoms with Crippen molar-refractivity contribution in [3.05, 3.63) is 29.8 Å². The molecule has 0 saturated heterocycles. The van der Waals surface area contributed by atoms with Gasteiger partial charge < -0.3 is 16.2 Å². The highest BCUT2D eigenvalue weighted by atomic mass is 32.2. The van der Waals surface area contributed by atoms with E-state index in [0.29, 0.717) is 0 Å². The fourth-order valence-corrected chi connectivity index (χ4v) is 3.10. The van der Waals surface area contributed by atoms with E-state index in [0.717, 1.165) is 9.87 Å². The highest BCUT2D eigenvalue weighted by molar-refractivity contribution is 7.92. The van der Waals surface area contributed by atoms with Gasteiger partial charge in [-0.25, -0.2) is 8.42 Å². The van der Waals surface area contributed by atoms with Crippen LogP contribution in [0.4, 0.5) is 17.5 Å². The minimum Gasteiger partial charge on any atom is -0.479 e. The van der Waals surface area contributed by atoms with Gasteiger partial charge in [0, 0.05) is 7.05 Å². The third-order valence-electron chi connectivity index (χ3n) is 3.08. The first-order valence-electron chi connectivity index (χ1n) is 6.30. The van der Waals surface area contributed by atoms with Gasteiger partial charge in [-0.1, -0.05) is 17.7 Å². The zero-order valence-corrected chi connectivity index (χ0v) is 13.3. The third-order valence-corrected chi connectivity index (χ3v) is 4.86. The summed E-state index contributed by atoms with van der Waals surface area (Å²) in [6.07, 6.45) is 0. The molecule has 0 amide bonds. The van der Waals surface area contributed by atoms with Crippen molar-refractivity contribution in [3.8, 4) is 5.88 Å². The highest BCUT2D eigenvalue weighted by Crippen LogP contribution is 2.34. The number of nitrogens with zero attached hydrogens (tertiary/aromatic N) is 3. The van der Waals surface area contributed by atoms with Crippen LogP contribution < -0.4 is 20.5 Å². The van der Waals surface area contributed by atoms with E-state index in [-0.39, 0.29) is 28.2 Å². The smallest absolute Gasteiger partial charge is 0.264 e. The number of rotatable bonds is 4. The van der Waals surface area contributed by atoms with Crippen molar-refractivity contribution in [1.29, 1.82) is 0 Å². The minimum atomic E-state index is -3.82. The number of aryl methyl sites for hydroxylation is 1. The van der Waals surface area contributed by atoms with Gasteiger partial charge in [0.2, 0.25) is 11.8 Å². The lowest BCUT2D eigenvalue weighted by molar-refractivity contribution is 0.399. The number of hydrogen-bond acceptors (Lipinski definition) is 7. The van der Waals surface area contributed by atoms with E-state index in [1.54, 1.807) is 12.1 Å². The molecule has 0 bridgehead atoms. The summed E-state index contributed by atoms with van der Waals surface area (Å²) in [4.78, 5) is 7.76. The topological polar surface area (TPSA) is 124 Å². The Balaban J connectivity index is 2.56. The molecule has 0 atom stereocenters. The summed E-state index contributed by atoms with van der Waals surface area (Å²) in [6, 6.07) is 6.45. The fraction of sp³-hybridized carbons (Fsp3) is 0.231. The highest BCUT2D eigenvalue weighted by Gasteiger charge is 2.27. The zero-order valence-electron chi connectivity index (χ0n) is 12.4. The summed E-state index contributed by atoms with van der Waals surface area (Å²) in [7, 11) is -1.13. The van der Waals surface area contributed by atoms with Crippen LogP contribution in [0.5, 0.6) is 5.88 Å². The van der Waals surface area contributed by atoms with E-state index >= 15 is 0 Å². The number of sulfonamides is 1. The molecule has 0 spiro atoms. The molecule has 0 unspecified atom stereocenters. The molecule has 0 fully saturated rings. The van der Waals surface area contributed by atoms with E-state index in [1.807, 2.05) is 6.92 Å². The van der Waals surface area contributed by atoms with Crippen molar-refractivity contribution in [2.45, 2.75) is 11.8 Å². The van der Waals surface area contributed by atoms with Crippen molar-refractivity contribution in [3.63, 3.8) is 0 Å². The van der Waals surface area contributed by atoms with E-state index in [1.165, 1.54) is 26.3 Å². The standard InChI is InChI=1S/C13H17N5O3S/c1-8-4-6-9(7-5-8)22(19,20)18(2)10-11(14)16-13(15)17-12(10)21-3/h4-7H,1-3H3,(H4,14,15,16,17). The maximum absolute atomic E-state index is 12.7. The second-order valence-corrected chi connectivity index (χ2v) is 6.58. The molecule has 2 rings (SSSR count). The number of ether oxygens (including phenoxy) is 1. The molecule has 0 aliphatic rings. The van der Waals surface area contributed by atoms with Crippen LogP contribution in [0, 0.1) is 6.92 Å². The number of nitrogen functional groups attached to an aromatic ring is 2. The van der Waals surface area contributed by atoms with Crippen LogP contribution in [0.1, 0.15) is 5.56 Å². The lowest BCUT2D eigenvalue weighted by Crippen LogP contribution is -2.28. The zero-order chi connectivity index (χ0) is 16.5. The van der Waals surface area contributed by atoms with Crippen molar-refractivity contribution in [2.75, 3.05) is 29.9 Å². The Hall–Kier alpha value is -2.55. The Labute approximate surface area is 128 Å². The summed E-state index contributed by atoms with van der Waals surface area (Å²) in [5.41, 5.74) is 12.3. The van der Waals surface area contributed by atoms with Gasteiger partial charge in [-0.2, -0.15) is 9.97 Å². The molecular formula is C13H17N5O3S. The monoisotopic (exact) mass is 323 g/mol. The van der Waals surface area contributed by atoms with E-state index in [4.69, 9.17) is 16.2 Å². The summed E-state index contributed by atoms with van der Waals surface area (Å²) in [5.74, 6) is -0.190. The normalized spacial score (nSPS) is 11.2. The van der Waals surface area contributed by atoms with Gasteiger partial charge in [-0.05, 0) is 19.1 Å². The maximum atomic E-state index is 12.7. The molecule has 1 heterocycles. The third kappa shape index (κ3) is 2.75. The van der Waals surface area contributed by atoms with E-state index < -0.39 is 10.0 Å². The molecule has 0 aliphatic carbocycles. The Morgan fingerprint density at radius 2 is 1.73 bits per heavy atom. The van der Waals surface area contributed by atoms with E-state index in [2.05, 4.69) is 9.97 Å². The van der Waals surface area contributed by atoms with Gasteiger partial charge in [-0.3, -0.25) is 4.31 Å². The van der Waals surface area contributed by atoms with Gasteiger partial charge in [-0.15, -0.1) is 0 Å². The van der Waals surface area contributed by atoms with Gasteiger partial charge >= 0.3 is 0 Å². The number of nitrogens with two attached hydrogens (primary N) is 2. The number of anilines is 3. The Morgan fingerprint density at radius 1 is 1.14 bits per heavy atom. The second kappa shape index (κ2) is 5.68. The molecular weight excluding hydrogens is 306 g/mol. The van der Waals surface area contributed by atoms with Crippen LogP contribution in [-0.2, 0) is 10.0 Å². The molecule has 2 aromatic rings. The maximum Gasteiger partial charge on any atom is 0.264 e. The quantitative estimate of drug-likeness (QED) is 0.852. The molecule has 1 aromatic carbocycles. The number of benzene rings is 1. The first kappa shape index (κ1) is 15.8. The minimum absolute atomic E-state index is 0.0109. The molecule has 0 radical (unpaired) electrons. The molecule has 0 saturated carbocycles. The van der Waals surface area contributed by atoms with Crippen LogP contribution in [0.25, 0.3) is 0 Å². The summed E-state index contributed by atoms with van der Waals surface area (Å²) in [6.45, 7) is 1.87. The molecule has 8 nitrogen and oxygen atoms in total. The van der Waals surface area contributed by atoms with Gasteiger partial charge in [0.05, 0.1) is 12.0 Å². The second-order valence-electron chi connectivity index (χ2n) is 4.61. The lowest BCUT2D eigenvalue weighted by Gasteiger charge is -2.22. The van der Waals surface area contributed by atoms with Gasteiger partial charge in [0.25, 0.3) is 10.0 Å². The first-order chi connectivity index (χ1) is 10.3. The van der Waals surface area contributed by atoms with Crippen LogP contribution in [0.2, 0.25) is 0 Å². The molecule has 9 heteroatoms. The first-order valence-corrected chi connectivity index (χ1v) is 7.74. The van der Waals surface area contributed by atoms with Crippen molar-refractivity contribution >= 4 is 27.5 Å². The average molecular weight is 323 g/mol. The van der Waals surface area contributed by atoms with Crippen molar-refractivity contribution in [2.24, 2.45) is 0 Å². The Morgan fingerprint density at radius 3 is 2.27 bits per heavy atom. The van der Waals surface area contributed by atoms with Gasteiger partial charge in [0.1, 0.15) is 0 Å². The molecule has 118 valence electrons. The Kier molecular flexibility index (Phi) is 4.09. The lowest BCUT2D eigenvalue weighted by atomic mass is 10.2. The fourth-order valence-electron chi connectivity index (χ4n) is 1.89. The average Bonchev–Trinajstić information content (AvgIpc) is 2.46. The molecule has 0 aliphatic heterocycles. The number of methoxy groups -OCH3 is 1. The number of aromatic nitrogens is 2. The predicted molar refractivity (Wildman–Crippen MR) is 84.2 cm³/mol. The molecule has 1 aromatic heterocycles. The van der Waals surface area contributed by atoms with Gasteiger partial charge in [0.15, 0.2) is 11.5 Å². The largest absolute Gasteiger partial charge is 0.479 e. The molecule has 4 N–H and O–H groups in total. The van der Waals surface area contributed by atoms with Crippen LogP contribution >= 0.6 is 0 Å². The van der Waals surface area contributed by atoms with Crippen LogP contribution in [0.3, 0.4) is 0 Å². The van der Waals surface area contributed by atoms with Crippen LogP contribution in [-0.4, -0.2) is 32.5 Å². The summed E-state index contributed by atoms with van der Waals surface area (Å²) in [5, 5.41) is 0. The summed E-state index contributed by atoms with van der Waals surface area (Å²) >= 11 is 0. The Bertz CT molecular complexity index is 790. The summed E-state index contributed by atoms with van der Waals surface area (Å²) < 4.78 is 31.4. The van der Waals surface area contributed by atoms with Crippen molar-refractivity contribution in [1.82, 2.24) is 9.97 Å². The predicted octanol–water partition coefficient (Wildman–Crippen LogP) is 0.783. The van der Waals surface area contributed by atoms with Crippen molar-refractivity contribution < 1.29 is 13.2 Å². The van der Waals surface area contributed by atoms with Crippen LogP contribution in [0.15, 0.2) is 29.2 Å². The SMILES string of the molecule is COc1nc(N)nc(N)c1N(C)S(=O)(=O)c1ccc(C)cc1. The van der Waals surface area contributed by atoms with E-state index in [9.17, 15) is 8.42 Å².